The molecule has 192 valence electrons. The number of nitrogens with one attached hydrogen (secondary N) is 3. The van der Waals surface area contributed by atoms with Gasteiger partial charge in [-0.3, -0.25) is 4.98 Å². The Bertz CT molecular complexity index is 1110. The van der Waals surface area contributed by atoms with E-state index < -0.39 is 0 Å². The molecule has 8 heteroatoms. The first-order chi connectivity index (χ1) is 17.3. The molecule has 36 heavy (non-hydrogen) atoms. The monoisotopic (exact) mass is 526 g/mol. The SMILES string of the molecule is C=C(NCC/C=C\C(C=N)=C(/N)c1cc(C[C@H](C)c2c(Cl)cncc2Cl)ccc1N)C1CCNCC1. The van der Waals surface area contributed by atoms with Gasteiger partial charge in [-0.05, 0) is 68.0 Å². The van der Waals surface area contributed by atoms with Crippen LogP contribution in [-0.4, -0.2) is 30.8 Å². The number of halogens is 2. The van der Waals surface area contributed by atoms with Crippen molar-refractivity contribution in [2.45, 2.75) is 38.5 Å². The average molecular weight is 528 g/mol. The van der Waals surface area contributed by atoms with Crippen LogP contribution < -0.4 is 22.1 Å². The van der Waals surface area contributed by atoms with Gasteiger partial charge in [-0.2, -0.15) is 0 Å². The fraction of sp³-hybridized carbons (Fsp3) is 0.357. The molecule has 0 bridgehead atoms. The van der Waals surface area contributed by atoms with Crippen LogP contribution in [0, 0.1) is 11.3 Å². The topological polar surface area (TPSA) is 113 Å². The summed E-state index contributed by atoms with van der Waals surface area (Å²) in [6, 6.07) is 5.81. The number of piperidine rings is 1. The third kappa shape index (κ3) is 7.36. The summed E-state index contributed by atoms with van der Waals surface area (Å²) in [5.74, 6) is 0.607. The summed E-state index contributed by atoms with van der Waals surface area (Å²) in [4.78, 5) is 4.04. The lowest BCUT2D eigenvalue weighted by molar-refractivity contribution is 0.403. The molecule has 2 heterocycles. The quantitative estimate of drug-likeness (QED) is 0.112. The lowest BCUT2D eigenvalue weighted by atomic mass is 9.92. The predicted molar refractivity (Wildman–Crippen MR) is 154 cm³/mol. The van der Waals surface area contributed by atoms with E-state index in [1.165, 1.54) is 6.21 Å². The van der Waals surface area contributed by atoms with Crippen molar-refractivity contribution in [2.24, 2.45) is 11.7 Å². The molecule has 0 aliphatic carbocycles. The minimum Gasteiger partial charge on any atom is -0.398 e. The van der Waals surface area contributed by atoms with Gasteiger partial charge in [0.05, 0.1) is 10.0 Å². The first kappa shape index (κ1) is 27.8. The van der Waals surface area contributed by atoms with Crippen LogP contribution in [0.25, 0.3) is 5.70 Å². The van der Waals surface area contributed by atoms with Gasteiger partial charge in [-0.15, -0.1) is 0 Å². The Balaban J connectivity index is 1.67. The molecule has 6 nitrogen and oxygen atoms in total. The third-order valence-electron chi connectivity index (χ3n) is 6.59. The number of hydrogen-bond donors (Lipinski definition) is 5. The Kier molecular flexibility index (Phi) is 10.4. The molecular formula is C28H36Cl2N6. The summed E-state index contributed by atoms with van der Waals surface area (Å²) in [6.45, 7) is 9.16. The number of nitrogens with zero attached hydrogens (tertiary/aromatic N) is 1. The molecule has 1 atom stereocenters. The Morgan fingerprint density at radius 1 is 1.28 bits per heavy atom. The number of rotatable bonds is 11. The molecule has 1 saturated heterocycles. The third-order valence-corrected chi connectivity index (χ3v) is 7.19. The van der Waals surface area contributed by atoms with Gasteiger partial charge < -0.3 is 27.5 Å². The van der Waals surface area contributed by atoms with Crippen molar-refractivity contribution in [2.75, 3.05) is 25.4 Å². The Labute approximate surface area is 224 Å². The van der Waals surface area contributed by atoms with Gasteiger partial charge in [0.25, 0.3) is 0 Å². The van der Waals surface area contributed by atoms with Gasteiger partial charge in [0.2, 0.25) is 0 Å². The molecule has 0 radical (unpaired) electrons. The highest BCUT2D eigenvalue weighted by Gasteiger charge is 2.17. The molecule has 1 aromatic heterocycles. The summed E-state index contributed by atoms with van der Waals surface area (Å²) in [5, 5.41) is 15.8. The lowest BCUT2D eigenvalue weighted by Crippen LogP contribution is -2.32. The maximum absolute atomic E-state index is 7.89. The number of anilines is 1. The van der Waals surface area contributed by atoms with Gasteiger partial charge in [-0.25, -0.2) is 0 Å². The fourth-order valence-electron chi connectivity index (χ4n) is 4.52. The standard InChI is InChI=1S/C28H36Cl2N6/c1-18(27-24(29)16-35-17-25(27)30)13-20-6-7-26(32)23(14-20)28(33)22(15-31)5-3-4-10-36-19(2)21-8-11-34-12-9-21/h3,5-7,14-18,21,31,34,36H,2,4,8-13,32-33H2,1H3/b5-3-,28-22+,31-15?/t18-/m0/s1. The van der Waals surface area contributed by atoms with Gasteiger partial charge in [-0.1, -0.05) is 54.9 Å². The second kappa shape index (κ2) is 13.5. The van der Waals surface area contributed by atoms with Crippen LogP contribution in [0.4, 0.5) is 5.69 Å². The Hall–Kier alpha value is -2.80. The smallest absolute Gasteiger partial charge is 0.0639 e. The van der Waals surface area contributed by atoms with Crippen LogP contribution in [0.2, 0.25) is 10.0 Å². The number of benzene rings is 1. The molecule has 1 fully saturated rings. The van der Waals surface area contributed by atoms with Crippen molar-refractivity contribution in [3.8, 4) is 0 Å². The minimum absolute atomic E-state index is 0.0731. The molecule has 7 N–H and O–H groups in total. The van der Waals surface area contributed by atoms with Crippen molar-refractivity contribution in [1.29, 1.82) is 5.41 Å². The molecule has 0 spiro atoms. The van der Waals surface area contributed by atoms with Crippen molar-refractivity contribution < 1.29 is 0 Å². The van der Waals surface area contributed by atoms with E-state index in [-0.39, 0.29) is 5.92 Å². The molecule has 3 rings (SSSR count). The zero-order chi connectivity index (χ0) is 26.1. The van der Waals surface area contributed by atoms with Crippen LogP contribution in [0.1, 0.15) is 48.8 Å². The van der Waals surface area contributed by atoms with E-state index in [0.29, 0.717) is 44.9 Å². The number of nitrogens with two attached hydrogens (primary N) is 2. The van der Waals surface area contributed by atoms with Crippen molar-refractivity contribution in [3.63, 3.8) is 0 Å². The first-order valence-electron chi connectivity index (χ1n) is 12.3. The first-order valence-corrected chi connectivity index (χ1v) is 13.0. The Morgan fingerprint density at radius 2 is 1.97 bits per heavy atom. The number of nitrogen functional groups attached to an aromatic ring is 1. The van der Waals surface area contributed by atoms with Crippen molar-refractivity contribution >= 4 is 40.8 Å². The highest BCUT2D eigenvalue weighted by atomic mass is 35.5. The molecule has 0 saturated carbocycles. The van der Waals surface area contributed by atoms with Crippen molar-refractivity contribution in [3.05, 3.63) is 87.3 Å². The van der Waals surface area contributed by atoms with Crippen LogP contribution in [0.5, 0.6) is 0 Å². The van der Waals surface area contributed by atoms with Gasteiger partial charge in [0.1, 0.15) is 0 Å². The second-order valence-corrected chi connectivity index (χ2v) is 10.0. The second-order valence-electron chi connectivity index (χ2n) is 9.22. The normalized spacial score (nSPS) is 16.0. The maximum Gasteiger partial charge on any atom is 0.0639 e. The molecule has 1 aliphatic heterocycles. The molecule has 0 amide bonds. The maximum atomic E-state index is 7.89. The van der Waals surface area contributed by atoms with Crippen molar-refractivity contribution in [1.82, 2.24) is 15.6 Å². The zero-order valence-electron chi connectivity index (χ0n) is 20.8. The van der Waals surface area contributed by atoms with Crippen LogP contribution in [0.3, 0.4) is 0 Å². The van der Waals surface area contributed by atoms with Gasteiger partial charge in [0.15, 0.2) is 0 Å². The van der Waals surface area contributed by atoms with E-state index in [9.17, 15) is 0 Å². The molecule has 2 aromatic rings. The van der Waals surface area contributed by atoms with Crippen LogP contribution in [-0.2, 0) is 6.42 Å². The summed E-state index contributed by atoms with van der Waals surface area (Å²) in [7, 11) is 0. The number of pyridine rings is 1. The molecular weight excluding hydrogens is 491 g/mol. The van der Waals surface area contributed by atoms with E-state index in [1.807, 2.05) is 30.4 Å². The summed E-state index contributed by atoms with van der Waals surface area (Å²) >= 11 is 12.7. The largest absolute Gasteiger partial charge is 0.398 e. The summed E-state index contributed by atoms with van der Waals surface area (Å²) in [6.07, 6.45) is 12.1. The zero-order valence-corrected chi connectivity index (χ0v) is 22.3. The fourth-order valence-corrected chi connectivity index (χ4v) is 5.26. The van der Waals surface area contributed by atoms with Gasteiger partial charge >= 0.3 is 0 Å². The summed E-state index contributed by atoms with van der Waals surface area (Å²) < 4.78 is 0. The lowest BCUT2D eigenvalue weighted by Gasteiger charge is -2.25. The van der Waals surface area contributed by atoms with E-state index in [0.717, 1.165) is 55.7 Å². The highest BCUT2D eigenvalue weighted by Crippen LogP contribution is 2.33. The average Bonchev–Trinajstić information content (AvgIpc) is 2.87. The highest BCUT2D eigenvalue weighted by molar-refractivity contribution is 6.35. The number of aromatic nitrogens is 1. The molecule has 1 aromatic carbocycles. The minimum atomic E-state index is 0.0731. The van der Waals surface area contributed by atoms with Gasteiger partial charge in [0, 0.05) is 59.3 Å². The number of allylic oxidation sites excluding steroid dienone is 3. The van der Waals surface area contributed by atoms with Crippen LogP contribution in [0.15, 0.2) is 60.6 Å². The van der Waals surface area contributed by atoms with E-state index in [2.05, 4.69) is 29.1 Å². The van der Waals surface area contributed by atoms with E-state index in [1.54, 1.807) is 12.4 Å². The molecule has 0 unspecified atom stereocenters. The molecule has 1 aliphatic rings. The van der Waals surface area contributed by atoms with E-state index in [4.69, 9.17) is 40.1 Å². The predicted octanol–water partition coefficient (Wildman–Crippen LogP) is 5.69. The Morgan fingerprint density at radius 3 is 2.64 bits per heavy atom. The van der Waals surface area contributed by atoms with Crippen LogP contribution >= 0.6 is 23.2 Å². The number of hydrogen-bond acceptors (Lipinski definition) is 6. The van der Waals surface area contributed by atoms with E-state index >= 15 is 0 Å². The summed E-state index contributed by atoms with van der Waals surface area (Å²) in [5.41, 5.74) is 18.1.